The van der Waals surface area contributed by atoms with Gasteiger partial charge >= 0.3 is 11.9 Å². The van der Waals surface area contributed by atoms with E-state index in [-0.39, 0.29) is 28.3 Å². The number of ether oxygens (including phenoxy) is 1. The molecule has 1 heterocycles. The number of anilines is 1. The second-order valence-corrected chi connectivity index (χ2v) is 7.36. The number of aromatic carboxylic acids is 1. The molecule has 2 aromatic rings. The van der Waals surface area contributed by atoms with Crippen LogP contribution >= 0.6 is 0 Å². The van der Waals surface area contributed by atoms with E-state index in [1.807, 2.05) is 36.2 Å². The molecule has 0 fully saturated rings. The average molecular weight is 482 g/mol. The lowest BCUT2D eigenvalue weighted by molar-refractivity contribution is -0.135. The maximum Gasteiger partial charge on any atom is 0.335 e. The average Bonchev–Trinajstić information content (AvgIpc) is 2.70. The van der Waals surface area contributed by atoms with Crippen LogP contribution < -0.4 is 26.6 Å². The standard InChI is InChI=1S/C24H19NO5.BrH/c1-13-10-15(23(27)28)11-14(2)22(13)30-24(29)21-17-6-4-5-7-19(17)25(3)20-9-8-16(26)12-18(20)21;/h4-11,21H,1-3H3,(H-,26,27,28);1H. The Labute approximate surface area is 190 Å². The van der Waals surface area contributed by atoms with Gasteiger partial charge in [0.15, 0.2) is 11.3 Å². The summed E-state index contributed by atoms with van der Waals surface area (Å²) in [4.78, 5) is 26.6. The Hall–Kier alpha value is -3.41. The molecule has 0 amide bonds. The van der Waals surface area contributed by atoms with Gasteiger partial charge in [-0.2, -0.15) is 0 Å². The number of aliphatic hydroxyl groups is 1. The second-order valence-electron chi connectivity index (χ2n) is 7.36. The lowest BCUT2D eigenvalue weighted by Crippen LogP contribution is -3.00. The number of hydrogen-bond acceptors (Lipinski definition) is 5. The van der Waals surface area contributed by atoms with Crippen LogP contribution in [0.3, 0.4) is 0 Å². The van der Waals surface area contributed by atoms with E-state index in [4.69, 9.17) is 4.74 Å². The van der Waals surface area contributed by atoms with Gasteiger partial charge in [0, 0.05) is 7.05 Å². The Balaban J connectivity index is 0.00000272. The highest BCUT2D eigenvalue weighted by Crippen LogP contribution is 2.45. The summed E-state index contributed by atoms with van der Waals surface area (Å²) < 4.78 is 5.79. The van der Waals surface area contributed by atoms with Crippen molar-refractivity contribution in [3.8, 4) is 5.75 Å². The van der Waals surface area contributed by atoms with Gasteiger partial charge in [-0.3, -0.25) is 9.69 Å². The summed E-state index contributed by atoms with van der Waals surface area (Å²) in [5.74, 6) is -2.06. The number of carboxylic acids is 1. The number of carboxylic acid groups (broad SMARTS) is 1. The van der Waals surface area contributed by atoms with Crippen molar-refractivity contribution < 1.29 is 41.5 Å². The van der Waals surface area contributed by atoms with E-state index in [2.05, 4.69) is 6.08 Å². The van der Waals surface area contributed by atoms with Crippen LogP contribution in [0.25, 0.3) is 0 Å². The number of esters is 1. The number of benzene rings is 2. The first-order chi connectivity index (χ1) is 14.3. The van der Waals surface area contributed by atoms with E-state index < -0.39 is 17.9 Å². The van der Waals surface area contributed by atoms with Gasteiger partial charge < -0.3 is 31.9 Å². The Bertz CT molecular complexity index is 1160. The molecular weight excluding hydrogens is 462 g/mol. The predicted octanol–water partition coefficient (Wildman–Crippen LogP) is 1.21. The minimum Gasteiger partial charge on any atom is -1.00 e. The Morgan fingerprint density at radius 1 is 1.10 bits per heavy atom. The number of para-hydroxylation sites is 1. The minimum atomic E-state index is -1.04. The summed E-state index contributed by atoms with van der Waals surface area (Å²) in [6.45, 7) is 3.41. The highest BCUT2D eigenvalue weighted by atomic mass is 79.9. The summed E-state index contributed by atoms with van der Waals surface area (Å²) in [6.07, 6.45) is 6.18. The molecule has 1 atom stereocenters. The van der Waals surface area contributed by atoms with Gasteiger partial charge in [-0.25, -0.2) is 4.79 Å². The summed E-state index contributed by atoms with van der Waals surface area (Å²) >= 11 is 0. The SMILES string of the molecule is Cc1cc(C(=O)O)cc(C)c1OC(=O)C1C2=[C+]C(O)=CC=C2N(C)c2ccccc21.[Br-]. The van der Waals surface area contributed by atoms with E-state index in [1.165, 1.54) is 18.2 Å². The Kier molecular flexibility index (Phi) is 6.02. The van der Waals surface area contributed by atoms with E-state index >= 15 is 0 Å². The van der Waals surface area contributed by atoms with Crippen LogP contribution in [0.15, 0.2) is 65.6 Å². The number of hydrogen-bond donors (Lipinski definition) is 2. The number of likely N-dealkylation sites (N-methyl/N-ethyl adjacent to an activating group) is 1. The smallest absolute Gasteiger partial charge is 0.335 e. The van der Waals surface area contributed by atoms with Crippen LogP contribution in [-0.2, 0) is 4.79 Å². The summed E-state index contributed by atoms with van der Waals surface area (Å²) in [7, 11) is 1.89. The van der Waals surface area contributed by atoms with Crippen molar-refractivity contribution in [2.45, 2.75) is 19.8 Å². The number of carbonyl (C=O) groups excluding carboxylic acids is 1. The third kappa shape index (κ3) is 3.85. The summed E-state index contributed by atoms with van der Waals surface area (Å²) in [5, 5.41) is 19.2. The zero-order valence-electron chi connectivity index (χ0n) is 17.1. The first kappa shape index (κ1) is 22.3. The zero-order valence-corrected chi connectivity index (χ0v) is 18.7. The van der Waals surface area contributed by atoms with Gasteiger partial charge in [0.05, 0.1) is 29.5 Å². The minimum absolute atomic E-state index is 0. The van der Waals surface area contributed by atoms with Crippen molar-refractivity contribution in [1.29, 1.82) is 0 Å². The Morgan fingerprint density at radius 3 is 2.39 bits per heavy atom. The maximum absolute atomic E-state index is 13.4. The van der Waals surface area contributed by atoms with E-state index in [0.29, 0.717) is 22.4 Å². The second kappa shape index (κ2) is 8.38. The monoisotopic (exact) mass is 481 g/mol. The fourth-order valence-electron chi connectivity index (χ4n) is 3.97. The lowest BCUT2D eigenvalue weighted by Gasteiger charge is -2.31. The normalized spacial score (nSPS) is 16.4. The molecule has 2 aliphatic rings. The molecule has 0 aromatic heterocycles. The number of rotatable bonds is 3. The molecule has 31 heavy (non-hydrogen) atoms. The van der Waals surface area contributed by atoms with Gasteiger partial charge in [0.2, 0.25) is 0 Å². The number of fused-ring (bicyclic) bond motifs is 2. The zero-order chi connectivity index (χ0) is 21.6. The van der Waals surface area contributed by atoms with Crippen molar-refractivity contribution in [1.82, 2.24) is 0 Å². The summed E-state index contributed by atoms with van der Waals surface area (Å²) in [6, 6.07) is 10.5. The van der Waals surface area contributed by atoms with Gasteiger partial charge in [-0.15, -0.1) is 0 Å². The predicted molar refractivity (Wildman–Crippen MR) is 112 cm³/mol. The molecular formula is C24H20BrNO5. The molecule has 0 radical (unpaired) electrons. The van der Waals surface area contributed by atoms with Crippen LogP contribution in [0.5, 0.6) is 5.75 Å². The number of carbonyl (C=O) groups is 2. The molecule has 2 aromatic carbocycles. The first-order valence-electron chi connectivity index (χ1n) is 9.42. The molecule has 1 aliphatic heterocycles. The van der Waals surface area contributed by atoms with Crippen LogP contribution in [0.2, 0.25) is 0 Å². The van der Waals surface area contributed by atoms with Crippen molar-refractivity contribution in [3.05, 3.63) is 93.9 Å². The third-order valence-electron chi connectivity index (χ3n) is 5.34. The first-order valence-corrected chi connectivity index (χ1v) is 9.42. The number of nitrogens with zero attached hydrogens (tertiary/aromatic N) is 1. The van der Waals surface area contributed by atoms with E-state index in [0.717, 1.165) is 16.9 Å². The number of halogens is 1. The highest BCUT2D eigenvalue weighted by Gasteiger charge is 2.44. The number of aryl methyl sites for hydroxylation is 2. The maximum atomic E-state index is 13.4. The fraction of sp³-hybridized carbons (Fsp3) is 0.167. The molecule has 0 saturated carbocycles. The van der Waals surface area contributed by atoms with Crippen LogP contribution in [0.4, 0.5) is 5.69 Å². The molecule has 158 valence electrons. The van der Waals surface area contributed by atoms with Gasteiger partial charge in [0.25, 0.3) is 5.76 Å². The van der Waals surface area contributed by atoms with E-state index in [9.17, 15) is 19.8 Å². The quantitative estimate of drug-likeness (QED) is 0.389. The fourth-order valence-corrected chi connectivity index (χ4v) is 3.97. The van der Waals surface area contributed by atoms with Crippen molar-refractivity contribution in [2.75, 3.05) is 11.9 Å². The largest absolute Gasteiger partial charge is 1.00 e. The van der Waals surface area contributed by atoms with Gasteiger partial charge in [-0.05, 0) is 48.7 Å². The van der Waals surface area contributed by atoms with Crippen LogP contribution in [0, 0.1) is 19.9 Å². The molecule has 0 spiro atoms. The van der Waals surface area contributed by atoms with Crippen LogP contribution in [0.1, 0.15) is 33.0 Å². The lowest BCUT2D eigenvalue weighted by atomic mass is 9.82. The highest BCUT2D eigenvalue weighted by molar-refractivity contribution is 5.92. The topological polar surface area (TPSA) is 87.1 Å². The van der Waals surface area contributed by atoms with Crippen molar-refractivity contribution in [3.63, 3.8) is 0 Å². The molecule has 7 heteroatoms. The third-order valence-corrected chi connectivity index (χ3v) is 5.34. The van der Waals surface area contributed by atoms with Gasteiger partial charge in [0.1, 0.15) is 11.7 Å². The summed E-state index contributed by atoms with van der Waals surface area (Å²) in [5.41, 5.74) is 4.14. The Morgan fingerprint density at radius 2 is 1.74 bits per heavy atom. The molecule has 0 bridgehead atoms. The molecule has 1 unspecified atom stereocenters. The van der Waals surface area contributed by atoms with Gasteiger partial charge in [-0.1, -0.05) is 18.2 Å². The molecule has 6 nitrogen and oxygen atoms in total. The molecule has 1 aliphatic carbocycles. The van der Waals surface area contributed by atoms with E-state index in [1.54, 1.807) is 19.9 Å². The van der Waals surface area contributed by atoms with Crippen LogP contribution in [-0.4, -0.2) is 29.2 Å². The molecule has 0 saturated heterocycles. The van der Waals surface area contributed by atoms with Crippen molar-refractivity contribution in [2.24, 2.45) is 0 Å². The number of allylic oxidation sites excluding steroid dienone is 4. The van der Waals surface area contributed by atoms with Crippen molar-refractivity contribution >= 4 is 17.6 Å². The molecule has 4 rings (SSSR count). The number of aliphatic hydroxyl groups excluding tert-OH is 1. The molecule has 2 N–H and O–H groups in total.